The minimum absolute atomic E-state index is 0.124. The van der Waals surface area contributed by atoms with Gasteiger partial charge in [-0.2, -0.15) is 0 Å². The number of hydrogen-bond acceptors (Lipinski definition) is 4. The molecule has 1 aromatic heterocycles. The van der Waals surface area contributed by atoms with Crippen LogP contribution >= 0.6 is 0 Å². The van der Waals surface area contributed by atoms with E-state index in [1.54, 1.807) is 30.5 Å². The Morgan fingerprint density at radius 1 is 0.929 bits per heavy atom. The molecule has 2 aromatic carbocycles. The van der Waals surface area contributed by atoms with E-state index in [4.69, 9.17) is 4.74 Å². The summed E-state index contributed by atoms with van der Waals surface area (Å²) in [4.78, 5) is 4.24. The highest BCUT2D eigenvalue weighted by Crippen LogP contribution is 2.35. The van der Waals surface area contributed by atoms with Crippen molar-refractivity contribution < 1.29 is 13.2 Å². The summed E-state index contributed by atoms with van der Waals surface area (Å²) >= 11 is 0. The van der Waals surface area contributed by atoms with Gasteiger partial charge in [-0.3, -0.25) is 4.72 Å². The van der Waals surface area contributed by atoms with Crippen molar-refractivity contribution >= 4 is 15.7 Å². The number of ether oxygens (including phenoxy) is 1. The standard InChI is InChI=1S/C22H24N2O3S/c1-22(2,3)18-12-7-8-14-20(18)27-21-19(13-9-15-23-21)24-28(25,26)16-17-10-5-4-6-11-17/h4-15,24H,16H2,1-3H3. The molecule has 6 heteroatoms. The van der Waals surface area contributed by atoms with Gasteiger partial charge in [0, 0.05) is 11.8 Å². The molecule has 146 valence electrons. The van der Waals surface area contributed by atoms with Crippen LogP contribution < -0.4 is 9.46 Å². The molecule has 0 saturated carbocycles. The second-order valence-electron chi connectivity index (χ2n) is 7.55. The number of rotatable bonds is 6. The highest BCUT2D eigenvalue weighted by Gasteiger charge is 2.21. The van der Waals surface area contributed by atoms with Crippen LogP contribution in [0.15, 0.2) is 72.9 Å². The predicted molar refractivity (Wildman–Crippen MR) is 112 cm³/mol. The molecular formula is C22H24N2O3S. The largest absolute Gasteiger partial charge is 0.437 e. The molecule has 0 aliphatic carbocycles. The number of para-hydroxylation sites is 1. The Labute approximate surface area is 166 Å². The van der Waals surface area contributed by atoms with Crippen LogP contribution in [-0.2, 0) is 21.2 Å². The van der Waals surface area contributed by atoms with E-state index in [2.05, 4.69) is 30.5 Å². The fourth-order valence-electron chi connectivity index (χ4n) is 2.83. The monoisotopic (exact) mass is 396 g/mol. The molecular weight excluding hydrogens is 372 g/mol. The van der Waals surface area contributed by atoms with Crippen molar-refractivity contribution in [3.05, 3.63) is 84.1 Å². The summed E-state index contributed by atoms with van der Waals surface area (Å²) < 4.78 is 33.8. The summed E-state index contributed by atoms with van der Waals surface area (Å²) in [6.07, 6.45) is 1.57. The van der Waals surface area contributed by atoms with Crippen LogP contribution in [0, 0.1) is 0 Å². The van der Waals surface area contributed by atoms with E-state index in [1.165, 1.54) is 0 Å². The summed E-state index contributed by atoms with van der Waals surface area (Å²) in [5.41, 5.74) is 1.90. The maximum absolute atomic E-state index is 12.6. The lowest BCUT2D eigenvalue weighted by Gasteiger charge is -2.22. The zero-order valence-electron chi connectivity index (χ0n) is 16.2. The first-order chi connectivity index (χ1) is 13.2. The molecule has 0 bridgehead atoms. The summed E-state index contributed by atoms with van der Waals surface area (Å²) in [6, 6.07) is 20.0. The molecule has 0 radical (unpaired) electrons. The molecule has 0 aliphatic heterocycles. The fraction of sp³-hybridized carbons (Fsp3) is 0.227. The third kappa shape index (κ3) is 5.10. The maximum atomic E-state index is 12.6. The number of sulfonamides is 1. The van der Waals surface area contributed by atoms with Crippen LogP contribution in [0.3, 0.4) is 0 Å². The van der Waals surface area contributed by atoms with Gasteiger partial charge in [-0.1, -0.05) is 69.3 Å². The Hall–Kier alpha value is -2.86. The lowest BCUT2D eigenvalue weighted by Crippen LogP contribution is -2.16. The average molecular weight is 397 g/mol. The van der Waals surface area contributed by atoms with Crippen molar-refractivity contribution in [1.29, 1.82) is 0 Å². The summed E-state index contributed by atoms with van der Waals surface area (Å²) in [5.74, 6) is 0.744. The van der Waals surface area contributed by atoms with E-state index in [-0.39, 0.29) is 17.0 Å². The lowest BCUT2D eigenvalue weighted by molar-refractivity contribution is 0.442. The van der Waals surface area contributed by atoms with Crippen LogP contribution in [0.2, 0.25) is 0 Å². The van der Waals surface area contributed by atoms with Crippen LogP contribution in [0.4, 0.5) is 5.69 Å². The van der Waals surface area contributed by atoms with Crippen LogP contribution in [0.5, 0.6) is 11.6 Å². The Bertz CT molecular complexity index is 1040. The molecule has 28 heavy (non-hydrogen) atoms. The number of pyridine rings is 1. The van der Waals surface area contributed by atoms with Gasteiger partial charge in [-0.05, 0) is 29.2 Å². The van der Waals surface area contributed by atoms with Gasteiger partial charge in [0.15, 0.2) is 0 Å². The summed E-state index contributed by atoms with van der Waals surface area (Å²) in [6.45, 7) is 6.28. The van der Waals surface area contributed by atoms with E-state index in [9.17, 15) is 8.42 Å². The zero-order valence-corrected chi connectivity index (χ0v) is 17.0. The third-order valence-electron chi connectivity index (χ3n) is 4.14. The molecule has 0 fully saturated rings. The SMILES string of the molecule is CC(C)(C)c1ccccc1Oc1ncccc1NS(=O)(=O)Cc1ccccc1. The fourth-order valence-corrected chi connectivity index (χ4v) is 4.02. The van der Waals surface area contributed by atoms with Gasteiger partial charge in [0.25, 0.3) is 0 Å². The van der Waals surface area contributed by atoms with Crippen molar-refractivity contribution in [2.75, 3.05) is 4.72 Å². The van der Waals surface area contributed by atoms with E-state index in [0.29, 0.717) is 17.0 Å². The first-order valence-electron chi connectivity index (χ1n) is 9.01. The van der Waals surface area contributed by atoms with Gasteiger partial charge in [0.05, 0.1) is 5.75 Å². The summed E-state index contributed by atoms with van der Waals surface area (Å²) in [5, 5.41) is 0. The van der Waals surface area contributed by atoms with Gasteiger partial charge in [-0.15, -0.1) is 0 Å². The number of aromatic nitrogens is 1. The van der Waals surface area contributed by atoms with Crippen molar-refractivity contribution in [2.24, 2.45) is 0 Å². The van der Waals surface area contributed by atoms with E-state index in [1.807, 2.05) is 42.5 Å². The molecule has 3 aromatic rings. The molecule has 0 aliphatic rings. The predicted octanol–water partition coefficient (Wildman–Crippen LogP) is 5.11. The Balaban J connectivity index is 1.87. The number of benzene rings is 2. The Morgan fingerprint density at radius 2 is 1.61 bits per heavy atom. The van der Waals surface area contributed by atoms with Crippen molar-refractivity contribution in [3.8, 4) is 11.6 Å². The summed E-state index contributed by atoms with van der Waals surface area (Å²) in [7, 11) is -3.61. The quantitative estimate of drug-likeness (QED) is 0.628. The number of nitrogens with one attached hydrogen (secondary N) is 1. The van der Waals surface area contributed by atoms with Crippen molar-refractivity contribution in [3.63, 3.8) is 0 Å². The second-order valence-corrected chi connectivity index (χ2v) is 9.27. The minimum Gasteiger partial charge on any atom is -0.437 e. The number of hydrogen-bond donors (Lipinski definition) is 1. The first kappa shape index (κ1) is 19.9. The molecule has 0 unspecified atom stereocenters. The molecule has 3 rings (SSSR count). The van der Waals surface area contributed by atoms with Gasteiger partial charge < -0.3 is 4.74 Å². The molecule has 5 nitrogen and oxygen atoms in total. The highest BCUT2D eigenvalue weighted by molar-refractivity contribution is 7.91. The normalized spacial score (nSPS) is 11.8. The van der Waals surface area contributed by atoms with E-state index < -0.39 is 10.0 Å². The van der Waals surface area contributed by atoms with Gasteiger partial charge in [-0.25, -0.2) is 13.4 Å². The molecule has 0 saturated heterocycles. The van der Waals surface area contributed by atoms with Gasteiger partial charge in [0.1, 0.15) is 11.4 Å². The van der Waals surface area contributed by atoms with E-state index in [0.717, 1.165) is 5.56 Å². The molecule has 0 atom stereocenters. The Kier molecular flexibility index (Phi) is 5.70. The van der Waals surface area contributed by atoms with Crippen LogP contribution in [0.25, 0.3) is 0 Å². The van der Waals surface area contributed by atoms with Gasteiger partial charge >= 0.3 is 0 Å². The van der Waals surface area contributed by atoms with Crippen LogP contribution in [-0.4, -0.2) is 13.4 Å². The van der Waals surface area contributed by atoms with Gasteiger partial charge in [0.2, 0.25) is 15.9 Å². The highest BCUT2D eigenvalue weighted by atomic mass is 32.2. The second kappa shape index (κ2) is 8.02. The lowest BCUT2D eigenvalue weighted by atomic mass is 9.86. The molecule has 0 spiro atoms. The van der Waals surface area contributed by atoms with Crippen molar-refractivity contribution in [2.45, 2.75) is 31.9 Å². The smallest absolute Gasteiger partial charge is 0.243 e. The third-order valence-corrected chi connectivity index (χ3v) is 5.38. The molecule has 0 amide bonds. The topological polar surface area (TPSA) is 68.3 Å². The van der Waals surface area contributed by atoms with Crippen molar-refractivity contribution in [1.82, 2.24) is 4.98 Å². The first-order valence-corrected chi connectivity index (χ1v) is 10.7. The van der Waals surface area contributed by atoms with Crippen LogP contribution in [0.1, 0.15) is 31.9 Å². The van der Waals surface area contributed by atoms with E-state index >= 15 is 0 Å². The Morgan fingerprint density at radius 3 is 2.32 bits per heavy atom. The number of anilines is 1. The number of nitrogens with zero attached hydrogens (tertiary/aromatic N) is 1. The maximum Gasteiger partial charge on any atom is 0.243 e. The zero-order chi connectivity index (χ0) is 20.2. The average Bonchev–Trinajstić information content (AvgIpc) is 2.63. The molecule has 1 heterocycles. The molecule has 1 N–H and O–H groups in total. The minimum atomic E-state index is -3.61.